The van der Waals surface area contributed by atoms with Crippen molar-refractivity contribution in [3.8, 4) is 0 Å². The van der Waals surface area contributed by atoms with Gasteiger partial charge in [-0.3, -0.25) is 4.79 Å². The summed E-state index contributed by atoms with van der Waals surface area (Å²) in [6.45, 7) is 0. The van der Waals surface area contributed by atoms with E-state index in [9.17, 15) is 70.7 Å². The molecule has 2 nitrogen and oxygen atoms in total. The van der Waals surface area contributed by atoms with Gasteiger partial charge >= 0.3 is 42.5 Å². The third-order valence-corrected chi connectivity index (χ3v) is 2.15. The van der Waals surface area contributed by atoms with Gasteiger partial charge in [0.1, 0.15) is 0 Å². The van der Waals surface area contributed by atoms with Crippen molar-refractivity contribution in [2.45, 2.75) is 36.4 Å². The zero-order chi connectivity index (χ0) is 20.2. The molecule has 0 aromatic heterocycles. The van der Waals surface area contributed by atoms with Crippen molar-refractivity contribution in [2.24, 2.45) is 0 Å². The minimum absolute atomic E-state index is 4.61. The lowest BCUT2D eigenvalue weighted by molar-refractivity contribution is -0.493. The first-order valence-corrected chi connectivity index (χ1v) is 4.71. The van der Waals surface area contributed by atoms with Gasteiger partial charge in [-0.05, 0) is 0 Å². The largest absolute Gasteiger partial charge is 0.469 e. The number of carbonyl (C=O) groups excluding carboxylic acids is 1. The molecule has 0 aliphatic carbocycles. The second-order valence-electron chi connectivity index (χ2n) is 3.80. The van der Waals surface area contributed by atoms with Gasteiger partial charge in [-0.1, -0.05) is 4.90 Å². The van der Waals surface area contributed by atoms with Gasteiger partial charge in [0.25, 0.3) is 0 Å². The molecule has 24 heavy (non-hydrogen) atoms. The summed E-state index contributed by atoms with van der Waals surface area (Å²) in [5.74, 6) is -7.41. The van der Waals surface area contributed by atoms with Crippen molar-refractivity contribution in [3.05, 3.63) is 0 Å². The molecule has 0 bridgehead atoms. The Balaban J connectivity index is 6.78. The van der Waals surface area contributed by atoms with E-state index in [4.69, 9.17) is 0 Å². The topological polar surface area (TPSA) is 20.3 Å². The lowest BCUT2D eigenvalue weighted by atomic mass is 10.2. The summed E-state index contributed by atoms with van der Waals surface area (Å²) in [4.78, 5) is 4.99. The zero-order valence-electron chi connectivity index (χ0n) is 10.0. The molecule has 17 heteroatoms. The average molecular weight is 399 g/mol. The molecular weight excluding hydrogens is 399 g/mol. The highest BCUT2D eigenvalue weighted by Crippen LogP contribution is 2.55. The molecule has 0 saturated heterocycles. The Morgan fingerprint density at radius 2 is 0.792 bits per heavy atom. The summed E-state index contributed by atoms with van der Waals surface area (Å²) < 4.78 is 185. The summed E-state index contributed by atoms with van der Waals surface area (Å²) in [6.07, 6.45) is -15.4. The number of halogens is 15. The molecule has 0 amide bonds. The molecule has 0 fully saturated rings. The lowest BCUT2D eigenvalue weighted by Gasteiger charge is -2.43. The van der Waals surface area contributed by atoms with E-state index in [1.165, 1.54) is 0 Å². The van der Waals surface area contributed by atoms with Gasteiger partial charge < -0.3 is 0 Å². The van der Waals surface area contributed by atoms with Crippen LogP contribution in [0.4, 0.5) is 65.9 Å². The summed E-state index contributed by atoms with van der Waals surface area (Å²) in [5.41, 5.74) is 0. The second kappa shape index (κ2) is 5.55. The van der Waals surface area contributed by atoms with Gasteiger partial charge in [-0.25, -0.2) is 0 Å². The Morgan fingerprint density at radius 3 is 0.958 bits per heavy atom. The molecule has 0 aromatic rings. The van der Waals surface area contributed by atoms with Crippen LogP contribution in [0, 0.1) is 0 Å². The zero-order valence-corrected chi connectivity index (χ0v) is 10.0. The summed E-state index contributed by atoms with van der Waals surface area (Å²) in [7, 11) is 0. The third kappa shape index (κ3) is 3.21. The highest BCUT2D eigenvalue weighted by Gasteiger charge is 2.85. The van der Waals surface area contributed by atoms with Gasteiger partial charge in [0, 0.05) is 0 Å². The van der Waals surface area contributed by atoms with Crippen molar-refractivity contribution < 1.29 is 70.7 Å². The maximum absolute atomic E-state index is 12.9. The predicted octanol–water partition coefficient (Wildman–Crippen LogP) is 4.32. The first-order valence-electron chi connectivity index (χ1n) is 4.71. The highest BCUT2D eigenvalue weighted by molar-refractivity contribution is 5.77. The van der Waals surface area contributed by atoms with Crippen molar-refractivity contribution in [3.63, 3.8) is 0 Å². The highest BCUT2D eigenvalue weighted by atomic mass is 19.4. The quantitative estimate of drug-likeness (QED) is 0.390. The minimum atomic E-state index is -7.96. The fourth-order valence-electron chi connectivity index (χ4n) is 1.04. The Morgan fingerprint density at radius 1 is 0.542 bits per heavy atom. The molecule has 144 valence electrons. The van der Waals surface area contributed by atoms with Crippen molar-refractivity contribution in [1.82, 2.24) is 4.90 Å². The molecule has 0 atom stereocenters. The van der Waals surface area contributed by atoms with Crippen molar-refractivity contribution >= 4 is 6.04 Å². The van der Waals surface area contributed by atoms with E-state index in [0.29, 0.717) is 0 Å². The summed E-state index contributed by atoms with van der Waals surface area (Å²) >= 11 is 0. The number of hydrogen-bond donors (Lipinski definition) is 0. The maximum atomic E-state index is 12.9. The normalized spacial score (nSPS) is 15.8. The van der Waals surface area contributed by atoms with Gasteiger partial charge in [0.2, 0.25) is 0 Å². The van der Waals surface area contributed by atoms with E-state index in [0.717, 1.165) is 0 Å². The summed E-state index contributed by atoms with van der Waals surface area (Å²) in [6, 6.07) is -28.6. The van der Waals surface area contributed by atoms with E-state index in [1.807, 2.05) is 0 Å². The van der Waals surface area contributed by atoms with Crippen molar-refractivity contribution in [1.29, 1.82) is 0 Å². The van der Waals surface area contributed by atoms with Crippen LogP contribution in [0.5, 0.6) is 0 Å². The van der Waals surface area contributed by atoms with Gasteiger partial charge in [-0.2, -0.15) is 65.9 Å². The Kier molecular flexibility index (Phi) is 5.22. The molecule has 0 aromatic carbocycles. The maximum Gasteiger partial charge on any atom is 0.469 e. The molecule has 0 unspecified atom stereocenters. The first-order chi connectivity index (χ1) is 10.1. The van der Waals surface area contributed by atoms with E-state index < -0.39 is 47.4 Å². The number of nitrogens with zero attached hydrogens (tertiary/aromatic N) is 1. The molecule has 0 saturated carbocycles. The Hall–Kier alpha value is -1.42. The number of carbonyl (C=O) groups is 1. The van der Waals surface area contributed by atoms with E-state index >= 15 is 0 Å². The molecule has 0 rings (SSSR count). The predicted molar refractivity (Wildman–Crippen MR) is 39.9 cm³/mol. The van der Waals surface area contributed by atoms with Gasteiger partial charge in [0.05, 0.1) is 0 Å². The Labute approximate surface area is 119 Å². The first kappa shape index (κ1) is 22.6. The third-order valence-electron chi connectivity index (χ3n) is 2.15. The van der Waals surface area contributed by atoms with Gasteiger partial charge in [-0.15, -0.1) is 0 Å². The van der Waals surface area contributed by atoms with Crippen LogP contribution in [0.3, 0.4) is 0 Å². The average Bonchev–Trinajstić information content (AvgIpc) is 2.23. The molecular formula is C7F15NO. The standard InChI is InChI=1S/C7F15NO/c8-1(24)2(9,10)5(17,18)23(6(19,20)3(11,12)13)7(21,22)4(14,15)16. The molecule has 0 radical (unpaired) electrons. The van der Waals surface area contributed by atoms with E-state index in [-0.39, 0.29) is 0 Å². The number of hydrogen-bond acceptors (Lipinski definition) is 2. The molecule has 0 N–H and O–H groups in total. The minimum Gasteiger partial charge on any atom is -0.254 e. The Bertz CT molecular complexity index is 461. The fraction of sp³-hybridized carbons (Fsp3) is 0.857. The van der Waals surface area contributed by atoms with Crippen molar-refractivity contribution in [2.75, 3.05) is 0 Å². The van der Waals surface area contributed by atoms with Crippen LogP contribution in [0.15, 0.2) is 0 Å². The monoisotopic (exact) mass is 399 g/mol. The van der Waals surface area contributed by atoms with Crippen LogP contribution < -0.4 is 0 Å². The number of alkyl halides is 14. The summed E-state index contributed by atoms with van der Waals surface area (Å²) in [5, 5.41) is 0. The van der Waals surface area contributed by atoms with E-state index in [2.05, 4.69) is 0 Å². The van der Waals surface area contributed by atoms with Crippen LogP contribution in [0.1, 0.15) is 0 Å². The van der Waals surface area contributed by atoms with Crippen LogP contribution in [-0.4, -0.2) is 47.4 Å². The fourth-order valence-corrected chi connectivity index (χ4v) is 1.04. The van der Waals surface area contributed by atoms with Gasteiger partial charge in [0.15, 0.2) is 0 Å². The SMILES string of the molecule is O=C(F)C(F)(F)C(F)(F)N(C(F)(F)C(F)(F)F)C(F)(F)C(F)(F)F. The molecule has 0 aliphatic rings. The van der Waals surface area contributed by atoms with Crippen LogP contribution in [-0.2, 0) is 4.79 Å². The lowest BCUT2D eigenvalue weighted by Crippen LogP contribution is -2.74. The molecule has 0 aliphatic heterocycles. The smallest absolute Gasteiger partial charge is 0.254 e. The van der Waals surface area contributed by atoms with Crippen LogP contribution in [0.2, 0.25) is 0 Å². The molecule has 0 heterocycles. The van der Waals surface area contributed by atoms with E-state index in [1.54, 1.807) is 0 Å². The molecule has 0 spiro atoms. The van der Waals surface area contributed by atoms with Crippen LogP contribution in [0.25, 0.3) is 0 Å². The number of rotatable bonds is 5. The van der Waals surface area contributed by atoms with Crippen LogP contribution >= 0.6 is 0 Å². The second-order valence-corrected chi connectivity index (χ2v) is 3.80.